The summed E-state index contributed by atoms with van der Waals surface area (Å²) in [5, 5.41) is 10.3. The second kappa shape index (κ2) is 5.81. The lowest BCUT2D eigenvalue weighted by molar-refractivity contribution is -0.121. The fourth-order valence-electron chi connectivity index (χ4n) is 3.23. The van der Waals surface area contributed by atoms with Crippen LogP contribution in [0.2, 0.25) is 0 Å². The minimum Gasteiger partial charge on any atom is -0.376 e. The Labute approximate surface area is 135 Å². The molecule has 2 N–H and O–H groups in total. The number of nitrogens with one attached hydrogen (secondary N) is 2. The molecule has 1 aliphatic carbocycles. The Morgan fingerprint density at radius 2 is 2.13 bits per heavy atom. The molecule has 1 aromatic heterocycles. The number of rotatable bonds is 5. The average molecular weight is 311 g/mol. The van der Waals surface area contributed by atoms with Crippen molar-refractivity contribution in [3.63, 3.8) is 0 Å². The second-order valence-electron chi connectivity index (χ2n) is 6.55. The number of carbonyl (C=O) groups excluding carboxylic acids is 1. The van der Waals surface area contributed by atoms with Crippen LogP contribution in [0.1, 0.15) is 36.1 Å². The van der Waals surface area contributed by atoms with Crippen LogP contribution in [0.25, 0.3) is 0 Å². The molecule has 120 valence electrons. The Morgan fingerprint density at radius 3 is 2.91 bits per heavy atom. The van der Waals surface area contributed by atoms with Crippen molar-refractivity contribution in [2.45, 2.75) is 38.7 Å². The molecule has 1 fully saturated rings. The monoisotopic (exact) mass is 311 g/mol. The van der Waals surface area contributed by atoms with Gasteiger partial charge in [0.15, 0.2) is 5.82 Å². The van der Waals surface area contributed by atoms with Gasteiger partial charge in [-0.2, -0.15) is 5.10 Å². The standard InChI is InChI=1S/C18H21N3O2/c22-17(19-16-14-12-23-11-7-15(14)20-21-16)18(9-10-18)8-6-13-4-2-1-3-5-13/h1-5H,6-12H2,(H2,19,20,21,22). The van der Waals surface area contributed by atoms with Gasteiger partial charge in [0, 0.05) is 23.1 Å². The van der Waals surface area contributed by atoms with Crippen LogP contribution >= 0.6 is 0 Å². The van der Waals surface area contributed by atoms with E-state index in [9.17, 15) is 4.79 Å². The maximum absolute atomic E-state index is 12.7. The molecule has 0 atom stereocenters. The highest BCUT2D eigenvalue weighted by Gasteiger charge is 2.49. The number of aromatic nitrogens is 2. The number of ether oxygens (including phenoxy) is 1. The number of fused-ring (bicyclic) bond motifs is 1. The molecule has 1 aromatic carbocycles. The third kappa shape index (κ3) is 2.88. The first-order chi connectivity index (χ1) is 11.3. The number of carbonyl (C=O) groups is 1. The van der Waals surface area contributed by atoms with E-state index < -0.39 is 0 Å². The second-order valence-corrected chi connectivity index (χ2v) is 6.55. The molecule has 2 aromatic rings. The summed E-state index contributed by atoms with van der Waals surface area (Å²) in [6.45, 7) is 1.24. The molecular formula is C18H21N3O2. The third-order valence-electron chi connectivity index (χ3n) is 5.00. The zero-order valence-electron chi connectivity index (χ0n) is 13.1. The first-order valence-electron chi connectivity index (χ1n) is 8.26. The van der Waals surface area contributed by atoms with Crippen molar-refractivity contribution in [2.75, 3.05) is 11.9 Å². The van der Waals surface area contributed by atoms with Crippen molar-refractivity contribution in [1.29, 1.82) is 0 Å². The largest absolute Gasteiger partial charge is 0.376 e. The van der Waals surface area contributed by atoms with E-state index in [4.69, 9.17) is 4.74 Å². The molecule has 2 heterocycles. The van der Waals surface area contributed by atoms with Crippen LogP contribution in [-0.2, 0) is 29.0 Å². The SMILES string of the molecule is O=C(Nc1n[nH]c2c1COCC2)C1(CCc2ccccc2)CC1. The number of hydrogen-bond acceptors (Lipinski definition) is 3. The number of aromatic amines is 1. The van der Waals surface area contributed by atoms with Gasteiger partial charge < -0.3 is 10.1 Å². The number of nitrogens with zero attached hydrogens (tertiary/aromatic N) is 1. The van der Waals surface area contributed by atoms with Gasteiger partial charge in [0.25, 0.3) is 0 Å². The Hall–Kier alpha value is -2.14. The lowest BCUT2D eigenvalue weighted by Gasteiger charge is -2.16. The first kappa shape index (κ1) is 14.5. The first-order valence-corrected chi connectivity index (χ1v) is 8.26. The Bertz CT molecular complexity index is 704. The number of amides is 1. The highest BCUT2D eigenvalue weighted by molar-refractivity contribution is 5.97. The van der Waals surface area contributed by atoms with Crippen molar-refractivity contribution in [1.82, 2.24) is 10.2 Å². The van der Waals surface area contributed by atoms with Crippen molar-refractivity contribution in [3.8, 4) is 0 Å². The van der Waals surface area contributed by atoms with Gasteiger partial charge in [0.2, 0.25) is 5.91 Å². The quantitative estimate of drug-likeness (QED) is 0.892. The van der Waals surface area contributed by atoms with E-state index in [1.54, 1.807) is 0 Å². The zero-order chi connectivity index (χ0) is 15.7. The van der Waals surface area contributed by atoms with Gasteiger partial charge in [0.05, 0.1) is 13.2 Å². The van der Waals surface area contributed by atoms with Gasteiger partial charge >= 0.3 is 0 Å². The molecule has 0 saturated heterocycles. The molecule has 1 saturated carbocycles. The van der Waals surface area contributed by atoms with E-state index in [1.165, 1.54) is 5.56 Å². The van der Waals surface area contributed by atoms with Crippen LogP contribution in [0.3, 0.4) is 0 Å². The van der Waals surface area contributed by atoms with Gasteiger partial charge in [-0.15, -0.1) is 0 Å². The van der Waals surface area contributed by atoms with Crippen molar-refractivity contribution < 1.29 is 9.53 Å². The topological polar surface area (TPSA) is 67.0 Å². The van der Waals surface area contributed by atoms with Crippen LogP contribution in [-0.4, -0.2) is 22.7 Å². The predicted octanol–water partition coefficient (Wildman–Crippen LogP) is 2.83. The van der Waals surface area contributed by atoms with Crippen molar-refractivity contribution in [2.24, 2.45) is 5.41 Å². The van der Waals surface area contributed by atoms with Crippen LogP contribution in [0.4, 0.5) is 5.82 Å². The highest BCUT2D eigenvalue weighted by Crippen LogP contribution is 2.50. The Morgan fingerprint density at radius 1 is 1.30 bits per heavy atom. The molecule has 0 bridgehead atoms. The van der Waals surface area contributed by atoms with E-state index in [-0.39, 0.29) is 11.3 Å². The van der Waals surface area contributed by atoms with Crippen molar-refractivity contribution in [3.05, 3.63) is 47.2 Å². The van der Waals surface area contributed by atoms with Gasteiger partial charge in [0.1, 0.15) is 0 Å². The predicted molar refractivity (Wildman–Crippen MR) is 87.0 cm³/mol. The normalized spacial score (nSPS) is 18.3. The molecule has 1 amide bonds. The molecule has 0 unspecified atom stereocenters. The molecule has 4 rings (SSSR count). The summed E-state index contributed by atoms with van der Waals surface area (Å²) < 4.78 is 5.47. The van der Waals surface area contributed by atoms with Gasteiger partial charge in [-0.25, -0.2) is 0 Å². The van der Waals surface area contributed by atoms with Gasteiger partial charge in [-0.05, 0) is 31.2 Å². The lowest BCUT2D eigenvalue weighted by Crippen LogP contribution is -2.26. The number of anilines is 1. The van der Waals surface area contributed by atoms with E-state index in [0.717, 1.165) is 43.4 Å². The van der Waals surface area contributed by atoms with Crippen LogP contribution in [0.15, 0.2) is 30.3 Å². The Balaban J connectivity index is 1.41. The molecule has 0 radical (unpaired) electrons. The maximum atomic E-state index is 12.7. The summed E-state index contributed by atoms with van der Waals surface area (Å²) in [7, 11) is 0. The summed E-state index contributed by atoms with van der Waals surface area (Å²) in [5.74, 6) is 0.754. The van der Waals surface area contributed by atoms with Crippen LogP contribution in [0, 0.1) is 5.41 Å². The van der Waals surface area contributed by atoms with E-state index in [2.05, 4.69) is 27.6 Å². The fraction of sp³-hybridized carbons (Fsp3) is 0.444. The molecule has 0 spiro atoms. The van der Waals surface area contributed by atoms with Gasteiger partial charge in [-0.3, -0.25) is 9.89 Å². The van der Waals surface area contributed by atoms with E-state index >= 15 is 0 Å². The molecule has 1 aliphatic heterocycles. The molecule has 23 heavy (non-hydrogen) atoms. The lowest BCUT2D eigenvalue weighted by atomic mass is 9.96. The minimum atomic E-state index is -0.211. The number of aryl methyl sites for hydroxylation is 1. The number of hydrogen-bond donors (Lipinski definition) is 2. The zero-order valence-corrected chi connectivity index (χ0v) is 13.1. The molecule has 5 heteroatoms. The fourth-order valence-corrected chi connectivity index (χ4v) is 3.23. The van der Waals surface area contributed by atoms with Crippen molar-refractivity contribution >= 4 is 11.7 Å². The molecular weight excluding hydrogens is 290 g/mol. The summed E-state index contributed by atoms with van der Waals surface area (Å²) in [4.78, 5) is 12.7. The molecule has 5 nitrogen and oxygen atoms in total. The number of benzene rings is 1. The summed E-state index contributed by atoms with van der Waals surface area (Å²) in [6.07, 6.45) is 4.60. The maximum Gasteiger partial charge on any atom is 0.231 e. The number of H-pyrrole nitrogens is 1. The van der Waals surface area contributed by atoms with E-state index in [1.807, 2.05) is 18.2 Å². The minimum absolute atomic E-state index is 0.105. The van der Waals surface area contributed by atoms with Crippen LogP contribution < -0.4 is 5.32 Å². The summed E-state index contributed by atoms with van der Waals surface area (Å²) in [5.41, 5.74) is 3.17. The highest BCUT2D eigenvalue weighted by atomic mass is 16.5. The Kier molecular flexibility index (Phi) is 3.65. The smallest absolute Gasteiger partial charge is 0.231 e. The van der Waals surface area contributed by atoms with Gasteiger partial charge in [-0.1, -0.05) is 30.3 Å². The average Bonchev–Trinajstić information content (AvgIpc) is 3.30. The third-order valence-corrected chi connectivity index (χ3v) is 5.00. The van der Waals surface area contributed by atoms with Crippen LogP contribution in [0.5, 0.6) is 0 Å². The molecule has 2 aliphatic rings. The summed E-state index contributed by atoms with van der Waals surface area (Å²) >= 11 is 0. The summed E-state index contributed by atoms with van der Waals surface area (Å²) in [6, 6.07) is 10.4. The van der Waals surface area contributed by atoms with E-state index in [0.29, 0.717) is 19.0 Å².